The van der Waals surface area contributed by atoms with Crippen LogP contribution in [0, 0.1) is 10.1 Å². The van der Waals surface area contributed by atoms with E-state index in [2.05, 4.69) is 0 Å². The molecule has 0 saturated heterocycles. The van der Waals surface area contributed by atoms with Crippen LogP contribution in [0.2, 0.25) is 0 Å². The van der Waals surface area contributed by atoms with Gasteiger partial charge in [-0.1, -0.05) is 30.3 Å². The highest BCUT2D eigenvalue weighted by atomic mass is 16.6. The average Bonchev–Trinajstić information content (AvgIpc) is 2.26. The van der Waals surface area contributed by atoms with Crippen molar-refractivity contribution in [2.45, 2.75) is 38.6 Å². The topological polar surface area (TPSA) is 60.2 Å². The molecule has 0 aliphatic rings. The summed E-state index contributed by atoms with van der Waals surface area (Å²) >= 11 is 0. The van der Waals surface area contributed by atoms with Gasteiger partial charge in [0.1, 0.15) is 5.78 Å². The van der Waals surface area contributed by atoms with Crippen molar-refractivity contribution in [2.75, 3.05) is 0 Å². The number of carbonyl (C=O) groups excluding carboxylic acids is 1. The van der Waals surface area contributed by atoms with Crippen LogP contribution < -0.4 is 0 Å². The molecule has 0 radical (unpaired) electrons. The van der Waals surface area contributed by atoms with Crippen molar-refractivity contribution in [1.82, 2.24) is 0 Å². The summed E-state index contributed by atoms with van der Waals surface area (Å²) in [5.41, 5.74) is -0.308. The molecule has 0 aromatic heterocycles. The molecule has 92 valence electrons. The van der Waals surface area contributed by atoms with Crippen molar-refractivity contribution in [3.63, 3.8) is 0 Å². The fourth-order valence-corrected chi connectivity index (χ4v) is 1.88. The van der Waals surface area contributed by atoms with E-state index in [1.54, 1.807) is 13.8 Å². The molecule has 0 saturated carbocycles. The zero-order valence-electron chi connectivity index (χ0n) is 10.3. The van der Waals surface area contributed by atoms with Crippen molar-refractivity contribution in [2.24, 2.45) is 0 Å². The summed E-state index contributed by atoms with van der Waals surface area (Å²) in [6, 6.07) is 9.18. The summed E-state index contributed by atoms with van der Waals surface area (Å²) in [6.07, 6.45) is 0.192. The standard InChI is InChI=1S/C13H17NO3/c1-10(15)9-12(13(2,3)14(16)17)11-7-5-4-6-8-11/h4-8,12H,9H2,1-3H3. The fourth-order valence-electron chi connectivity index (χ4n) is 1.88. The summed E-state index contributed by atoms with van der Waals surface area (Å²) in [7, 11) is 0. The van der Waals surface area contributed by atoms with Crippen molar-refractivity contribution < 1.29 is 9.72 Å². The first-order valence-corrected chi connectivity index (χ1v) is 5.54. The summed E-state index contributed by atoms with van der Waals surface area (Å²) in [4.78, 5) is 22.1. The minimum absolute atomic E-state index is 0.0335. The minimum atomic E-state index is -1.15. The first-order valence-electron chi connectivity index (χ1n) is 5.54. The van der Waals surface area contributed by atoms with Gasteiger partial charge < -0.3 is 4.79 Å². The molecule has 17 heavy (non-hydrogen) atoms. The Balaban J connectivity index is 3.13. The lowest BCUT2D eigenvalue weighted by atomic mass is 9.79. The Morgan fingerprint density at radius 1 is 1.35 bits per heavy atom. The summed E-state index contributed by atoms with van der Waals surface area (Å²) in [5, 5.41) is 11.1. The molecule has 0 fully saturated rings. The van der Waals surface area contributed by atoms with Crippen LogP contribution in [0.15, 0.2) is 30.3 Å². The number of ketones is 1. The van der Waals surface area contributed by atoms with Crippen LogP contribution in [0.4, 0.5) is 0 Å². The second-order valence-electron chi connectivity index (χ2n) is 4.78. The highest BCUT2D eigenvalue weighted by Gasteiger charge is 2.42. The zero-order chi connectivity index (χ0) is 13.1. The Morgan fingerprint density at radius 3 is 2.29 bits per heavy atom. The van der Waals surface area contributed by atoms with Crippen molar-refractivity contribution in [3.8, 4) is 0 Å². The molecule has 1 unspecified atom stereocenters. The van der Waals surface area contributed by atoms with E-state index in [0.29, 0.717) is 0 Å². The van der Waals surface area contributed by atoms with E-state index in [9.17, 15) is 14.9 Å². The van der Waals surface area contributed by atoms with Gasteiger partial charge in [-0.25, -0.2) is 0 Å². The Bertz CT molecular complexity index is 412. The van der Waals surface area contributed by atoms with Crippen LogP contribution in [0.3, 0.4) is 0 Å². The first kappa shape index (κ1) is 13.4. The molecule has 0 spiro atoms. The normalized spacial score (nSPS) is 13.1. The van der Waals surface area contributed by atoms with E-state index in [-0.39, 0.29) is 17.1 Å². The predicted molar refractivity (Wildman–Crippen MR) is 65.6 cm³/mol. The van der Waals surface area contributed by atoms with E-state index in [1.165, 1.54) is 6.92 Å². The highest BCUT2D eigenvalue weighted by Crippen LogP contribution is 2.33. The average molecular weight is 235 g/mol. The number of nitro groups is 1. The van der Waals surface area contributed by atoms with Gasteiger partial charge in [-0.3, -0.25) is 10.1 Å². The molecule has 1 aromatic rings. The maximum absolute atomic E-state index is 11.3. The number of hydrogen-bond acceptors (Lipinski definition) is 3. The second kappa shape index (κ2) is 5.08. The SMILES string of the molecule is CC(=O)CC(c1ccccc1)C(C)(C)[N+](=O)[O-]. The number of nitrogens with zero attached hydrogens (tertiary/aromatic N) is 1. The van der Waals surface area contributed by atoms with Crippen LogP contribution in [-0.2, 0) is 4.79 Å². The molecule has 4 heteroatoms. The second-order valence-corrected chi connectivity index (χ2v) is 4.78. The molecule has 0 aliphatic carbocycles. The Kier molecular flexibility index (Phi) is 3.99. The quantitative estimate of drug-likeness (QED) is 0.582. The zero-order valence-corrected chi connectivity index (χ0v) is 10.3. The van der Waals surface area contributed by atoms with Crippen LogP contribution in [-0.4, -0.2) is 16.2 Å². The van der Waals surface area contributed by atoms with E-state index in [4.69, 9.17) is 0 Å². The highest BCUT2D eigenvalue weighted by molar-refractivity contribution is 5.76. The van der Waals surface area contributed by atoms with E-state index in [1.807, 2.05) is 30.3 Å². The summed E-state index contributed by atoms with van der Waals surface area (Å²) < 4.78 is 0. The molecular formula is C13H17NO3. The monoisotopic (exact) mass is 235 g/mol. The molecule has 0 amide bonds. The van der Waals surface area contributed by atoms with Crippen LogP contribution >= 0.6 is 0 Å². The molecule has 0 bridgehead atoms. The van der Waals surface area contributed by atoms with Gasteiger partial charge in [-0.15, -0.1) is 0 Å². The van der Waals surface area contributed by atoms with E-state index in [0.717, 1.165) is 5.56 Å². The van der Waals surface area contributed by atoms with Gasteiger partial charge in [0.15, 0.2) is 0 Å². The first-order chi connectivity index (χ1) is 7.85. The molecule has 4 nitrogen and oxygen atoms in total. The lowest BCUT2D eigenvalue weighted by molar-refractivity contribution is -0.565. The van der Waals surface area contributed by atoms with Crippen LogP contribution in [0.25, 0.3) is 0 Å². The lowest BCUT2D eigenvalue weighted by Gasteiger charge is -2.26. The van der Waals surface area contributed by atoms with E-state index >= 15 is 0 Å². The molecule has 0 aliphatic heterocycles. The van der Waals surface area contributed by atoms with Gasteiger partial charge in [-0.2, -0.15) is 0 Å². The molecule has 1 aromatic carbocycles. The Hall–Kier alpha value is -1.71. The molecule has 1 atom stereocenters. The maximum Gasteiger partial charge on any atom is 0.223 e. The predicted octanol–water partition coefficient (Wildman–Crippen LogP) is 2.80. The van der Waals surface area contributed by atoms with E-state index < -0.39 is 11.5 Å². The van der Waals surface area contributed by atoms with Gasteiger partial charge in [0, 0.05) is 25.2 Å². The third kappa shape index (κ3) is 3.12. The summed E-state index contributed by atoms with van der Waals surface area (Å²) in [6.45, 7) is 4.59. The summed E-state index contributed by atoms with van der Waals surface area (Å²) in [5.74, 6) is -0.426. The molecular weight excluding hydrogens is 218 g/mol. The largest absolute Gasteiger partial charge is 0.300 e. The third-order valence-electron chi connectivity index (χ3n) is 3.02. The Morgan fingerprint density at radius 2 is 1.88 bits per heavy atom. The molecule has 0 N–H and O–H groups in total. The van der Waals surface area contributed by atoms with Gasteiger partial charge in [-0.05, 0) is 12.5 Å². The molecule has 0 heterocycles. The van der Waals surface area contributed by atoms with Gasteiger partial charge >= 0.3 is 0 Å². The minimum Gasteiger partial charge on any atom is -0.300 e. The lowest BCUT2D eigenvalue weighted by Crippen LogP contribution is -2.39. The molecule has 1 rings (SSSR count). The number of Topliss-reactive ketones (excluding diaryl/α,β-unsaturated/α-hetero) is 1. The maximum atomic E-state index is 11.3. The van der Waals surface area contributed by atoms with Crippen LogP contribution in [0.1, 0.15) is 38.7 Å². The van der Waals surface area contributed by atoms with Crippen molar-refractivity contribution in [3.05, 3.63) is 46.0 Å². The van der Waals surface area contributed by atoms with Crippen LogP contribution in [0.5, 0.6) is 0 Å². The smallest absolute Gasteiger partial charge is 0.223 e. The van der Waals surface area contributed by atoms with Gasteiger partial charge in [0.05, 0.1) is 5.92 Å². The Labute approximate surface area is 101 Å². The third-order valence-corrected chi connectivity index (χ3v) is 3.02. The number of rotatable bonds is 5. The van der Waals surface area contributed by atoms with Gasteiger partial charge in [0.25, 0.3) is 0 Å². The van der Waals surface area contributed by atoms with Crippen molar-refractivity contribution in [1.29, 1.82) is 0 Å². The number of hydrogen-bond donors (Lipinski definition) is 0. The van der Waals surface area contributed by atoms with Crippen molar-refractivity contribution >= 4 is 5.78 Å². The number of benzene rings is 1. The fraction of sp³-hybridized carbons (Fsp3) is 0.462. The number of carbonyl (C=O) groups is 1. The van der Waals surface area contributed by atoms with Gasteiger partial charge in [0.2, 0.25) is 5.54 Å².